The number of thiocarbonyl (C=S) groups is 1. The van der Waals surface area contributed by atoms with Crippen LogP contribution in [0.5, 0.6) is 11.5 Å². The van der Waals surface area contributed by atoms with E-state index in [0.717, 1.165) is 0 Å². The number of carbonyl (C=O) groups is 2. The molecule has 8 heteroatoms. The number of amides is 1. The van der Waals surface area contributed by atoms with Crippen molar-refractivity contribution in [2.24, 2.45) is 0 Å². The van der Waals surface area contributed by atoms with E-state index in [1.807, 2.05) is 19.1 Å². The Labute approximate surface area is 178 Å². The average Bonchev–Trinajstić information content (AvgIpc) is 2.96. The second kappa shape index (κ2) is 9.11. The molecule has 2 aromatic carbocycles. The van der Waals surface area contributed by atoms with Gasteiger partial charge in [-0.25, -0.2) is 4.79 Å². The van der Waals surface area contributed by atoms with Crippen molar-refractivity contribution in [1.82, 2.24) is 0 Å². The Morgan fingerprint density at radius 2 is 2.03 bits per heavy atom. The van der Waals surface area contributed by atoms with Crippen LogP contribution in [0.15, 0.2) is 53.4 Å². The van der Waals surface area contributed by atoms with Gasteiger partial charge in [-0.15, -0.1) is 0 Å². The quantitative estimate of drug-likeness (QED) is 0.518. The highest BCUT2D eigenvalue weighted by atomic mass is 32.2. The van der Waals surface area contributed by atoms with Crippen LogP contribution in [0.2, 0.25) is 0 Å². The lowest BCUT2D eigenvalue weighted by Crippen LogP contribution is -2.28. The molecule has 2 aromatic rings. The number of thioether (sulfide) groups is 1. The molecule has 1 heterocycles. The van der Waals surface area contributed by atoms with E-state index in [2.05, 4.69) is 0 Å². The molecule has 29 heavy (non-hydrogen) atoms. The number of hydrogen-bond acceptors (Lipinski definition) is 6. The Morgan fingerprint density at radius 3 is 2.76 bits per heavy atom. The Bertz CT molecular complexity index is 989. The fourth-order valence-corrected chi connectivity index (χ4v) is 3.96. The van der Waals surface area contributed by atoms with Crippen LogP contribution in [0.3, 0.4) is 0 Å². The maximum absolute atomic E-state index is 13.0. The predicted molar refractivity (Wildman–Crippen MR) is 117 cm³/mol. The largest absolute Gasteiger partial charge is 0.492 e. The molecule has 0 bridgehead atoms. The van der Waals surface area contributed by atoms with Crippen LogP contribution >= 0.6 is 24.0 Å². The average molecular weight is 430 g/mol. The molecule has 0 saturated carbocycles. The highest BCUT2D eigenvalue weighted by molar-refractivity contribution is 8.27. The highest BCUT2D eigenvalue weighted by Crippen LogP contribution is 2.40. The molecule has 1 aliphatic heterocycles. The van der Waals surface area contributed by atoms with Crippen LogP contribution in [0, 0.1) is 0 Å². The summed E-state index contributed by atoms with van der Waals surface area (Å²) in [7, 11) is 0. The molecule has 1 atom stereocenters. The molecule has 1 fully saturated rings. The SMILES string of the molecule is CCOc1ccccc1N1C(=O)/C(=C\c2cccc(OC(C)C(=O)O)c2)SC1=S. The third-order valence-electron chi connectivity index (χ3n) is 4.02. The number of carboxylic acids is 1. The van der Waals surface area contributed by atoms with Crippen LogP contribution in [0.1, 0.15) is 19.4 Å². The van der Waals surface area contributed by atoms with Crippen molar-refractivity contribution in [3.05, 3.63) is 59.0 Å². The first-order valence-electron chi connectivity index (χ1n) is 8.90. The maximum Gasteiger partial charge on any atom is 0.344 e. The van der Waals surface area contributed by atoms with Crippen LogP contribution < -0.4 is 14.4 Å². The van der Waals surface area contributed by atoms with Gasteiger partial charge in [0, 0.05) is 0 Å². The standard InChI is InChI=1S/C21H19NO5S2/c1-3-26-17-10-5-4-9-16(17)22-19(23)18(29-21(22)28)12-14-7-6-8-15(11-14)27-13(2)20(24)25/h4-13H,3H2,1-2H3,(H,24,25)/b18-12+. The number of carbonyl (C=O) groups excluding carboxylic acids is 1. The number of ether oxygens (including phenoxy) is 2. The second-order valence-electron chi connectivity index (χ2n) is 6.09. The van der Waals surface area contributed by atoms with Crippen LogP contribution in [-0.2, 0) is 9.59 Å². The van der Waals surface area contributed by atoms with Gasteiger partial charge >= 0.3 is 5.97 Å². The molecule has 1 aliphatic rings. The molecule has 3 rings (SSSR count). The Hall–Kier alpha value is -2.84. The Balaban J connectivity index is 1.87. The van der Waals surface area contributed by atoms with Gasteiger partial charge in [0.25, 0.3) is 5.91 Å². The number of carboxylic acid groups (broad SMARTS) is 1. The van der Waals surface area contributed by atoms with E-state index in [-0.39, 0.29) is 5.91 Å². The van der Waals surface area contributed by atoms with Gasteiger partial charge in [-0.1, -0.05) is 48.2 Å². The summed E-state index contributed by atoms with van der Waals surface area (Å²) in [5.74, 6) is -0.293. The summed E-state index contributed by atoms with van der Waals surface area (Å²) < 4.78 is 11.4. The van der Waals surface area contributed by atoms with Gasteiger partial charge in [-0.3, -0.25) is 9.69 Å². The van der Waals surface area contributed by atoms with Gasteiger partial charge < -0.3 is 14.6 Å². The number of benzene rings is 2. The number of para-hydroxylation sites is 2. The zero-order valence-corrected chi connectivity index (χ0v) is 17.5. The van der Waals surface area contributed by atoms with Gasteiger partial charge in [0.05, 0.1) is 17.2 Å². The lowest BCUT2D eigenvalue weighted by atomic mass is 10.2. The fourth-order valence-electron chi connectivity index (χ4n) is 2.68. The molecule has 0 spiro atoms. The van der Waals surface area contributed by atoms with Gasteiger partial charge in [0.15, 0.2) is 10.4 Å². The summed E-state index contributed by atoms with van der Waals surface area (Å²) in [6, 6.07) is 14.1. The monoisotopic (exact) mass is 429 g/mol. The topological polar surface area (TPSA) is 76.1 Å². The highest BCUT2D eigenvalue weighted by Gasteiger charge is 2.34. The Kier molecular flexibility index (Phi) is 6.56. The minimum absolute atomic E-state index is 0.239. The predicted octanol–water partition coefficient (Wildman–Crippen LogP) is 4.34. The van der Waals surface area contributed by atoms with Crippen molar-refractivity contribution < 1.29 is 24.2 Å². The van der Waals surface area contributed by atoms with E-state index in [4.69, 9.17) is 26.8 Å². The van der Waals surface area contributed by atoms with E-state index < -0.39 is 12.1 Å². The molecule has 0 aliphatic carbocycles. The number of aliphatic carboxylic acids is 1. The number of rotatable bonds is 7. The first-order chi connectivity index (χ1) is 13.9. The zero-order chi connectivity index (χ0) is 21.0. The molecule has 150 valence electrons. The van der Waals surface area contributed by atoms with Crippen LogP contribution in [-0.4, -0.2) is 34.0 Å². The van der Waals surface area contributed by atoms with Crippen molar-refractivity contribution in [3.8, 4) is 11.5 Å². The molecule has 0 radical (unpaired) electrons. The van der Waals surface area contributed by atoms with Gasteiger partial charge in [-0.05, 0) is 49.8 Å². The van der Waals surface area contributed by atoms with Crippen molar-refractivity contribution in [2.45, 2.75) is 20.0 Å². The summed E-state index contributed by atoms with van der Waals surface area (Å²) in [5, 5.41) is 8.99. The van der Waals surface area contributed by atoms with E-state index in [1.165, 1.54) is 23.6 Å². The van der Waals surface area contributed by atoms with E-state index >= 15 is 0 Å². The van der Waals surface area contributed by atoms with Crippen LogP contribution in [0.4, 0.5) is 5.69 Å². The van der Waals surface area contributed by atoms with E-state index in [1.54, 1.807) is 42.5 Å². The Morgan fingerprint density at radius 1 is 1.28 bits per heavy atom. The molecule has 1 N–H and O–H groups in total. The molecule has 1 amide bonds. The summed E-state index contributed by atoms with van der Waals surface area (Å²) in [6.07, 6.45) is 0.736. The van der Waals surface area contributed by atoms with E-state index in [0.29, 0.717) is 38.6 Å². The summed E-state index contributed by atoms with van der Waals surface area (Å²) in [4.78, 5) is 25.9. The molecule has 6 nitrogen and oxygen atoms in total. The van der Waals surface area contributed by atoms with Crippen molar-refractivity contribution in [3.63, 3.8) is 0 Å². The van der Waals surface area contributed by atoms with Gasteiger partial charge in [0.1, 0.15) is 11.5 Å². The normalized spacial score (nSPS) is 16.2. The van der Waals surface area contributed by atoms with Gasteiger partial charge in [-0.2, -0.15) is 0 Å². The first-order valence-corrected chi connectivity index (χ1v) is 10.1. The van der Waals surface area contributed by atoms with Crippen LogP contribution in [0.25, 0.3) is 6.08 Å². The summed E-state index contributed by atoms with van der Waals surface area (Å²) in [5.41, 5.74) is 1.31. The molecule has 0 aromatic heterocycles. The number of hydrogen-bond donors (Lipinski definition) is 1. The molecule has 1 saturated heterocycles. The van der Waals surface area contributed by atoms with E-state index in [9.17, 15) is 9.59 Å². The molecular formula is C21H19NO5S2. The number of nitrogens with zero attached hydrogens (tertiary/aromatic N) is 1. The van der Waals surface area contributed by atoms with Crippen molar-refractivity contribution >= 4 is 51.9 Å². The summed E-state index contributed by atoms with van der Waals surface area (Å²) >= 11 is 6.63. The van der Waals surface area contributed by atoms with Crippen molar-refractivity contribution in [1.29, 1.82) is 0 Å². The first kappa shape index (κ1) is 20.9. The smallest absolute Gasteiger partial charge is 0.344 e. The molecular weight excluding hydrogens is 410 g/mol. The van der Waals surface area contributed by atoms with Gasteiger partial charge in [0.2, 0.25) is 0 Å². The fraction of sp³-hybridized carbons (Fsp3) is 0.190. The lowest BCUT2D eigenvalue weighted by Gasteiger charge is -2.18. The third kappa shape index (κ3) is 4.78. The third-order valence-corrected chi connectivity index (χ3v) is 5.32. The second-order valence-corrected chi connectivity index (χ2v) is 7.76. The zero-order valence-electron chi connectivity index (χ0n) is 15.8. The summed E-state index contributed by atoms with van der Waals surface area (Å²) in [6.45, 7) is 3.81. The number of anilines is 1. The minimum Gasteiger partial charge on any atom is -0.492 e. The molecule has 1 unspecified atom stereocenters. The lowest BCUT2D eigenvalue weighted by molar-refractivity contribution is -0.144. The van der Waals surface area contributed by atoms with Crippen molar-refractivity contribution in [2.75, 3.05) is 11.5 Å². The maximum atomic E-state index is 13.0. The minimum atomic E-state index is -1.05.